The van der Waals surface area contributed by atoms with Crippen LogP contribution in [0.5, 0.6) is 0 Å². The largest absolute Gasteiger partial charge is 0.370 e. The summed E-state index contributed by atoms with van der Waals surface area (Å²) < 4.78 is 6.30. The van der Waals surface area contributed by atoms with Gasteiger partial charge in [-0.25, -0.2) is 0 Å². The lowest BCUT2D eigenvalue weighted by Crippen LogP contribution is -2.45. The number of hydrogen-bond acceptors (Lipinski definition) is 4. The smallest absolute Gasteiger partial charge is 0.264 e. The SMILES string of the molecule is CC1CCCCN1C(=O)c1cc2c(s1)CCOC21CCN(C)CC1. The summed E-state index contributed by atoms with van der Waals surface area (Å²) >= 11 is 1.72. The van der Waals surface area contributed by atoms with Gasteiger partial charge in [-0.3, -0.25) is 4.79 Å². The third kappa shape index (κ3) is 2.80. The van der Waals surface area contributed by atoms with Crippen molar-refractivity contribution >= 4 is 17.2 Å². The number of rotatable bonds is 1. The van der Waals surface area contributed by atoms with Crippen LogP contribution in [0.4, 0.5) is 0 Å². The van der Waals surface area contributed by atoms with Crippen molar-refractivity contribution in [3.63, 3.8) is 0 Å². The van der Waals surface area contributed by atoms with Gasteiger partial charge >= 0.3 is 0 Å². The van der Waals surface area contributed by atoms with Crippen LogP contribution in [0, 0.1) is 0 Å². The highest BCUT2D eigenvalue weighted by Crippen LogP contribution is 2.44. The molecule has 1 spiro atoms. The quantitative estimate of drug-likeness (QED) is 0.781. The number of thiophene rings is 1. The average Bonchev–Trinajstić information content (AvgIpc) is 3.03. The molecular formula is C19H28N2O2S. The van der Waals surface area contributed by atoms with Crippen LogP contribution in [0.15, 0.2) is 6.07 Å². The fourth-order valence-electron chi connectivity index (χ4n) is 4.46. The second kappa shape index (κ2) is 6.43. The van der Waals surface area contributed by atoms with Gasteiger partial charge in [-0.05, 0) is 57.7 Å². The van der Waals surface area contributed by atoms with E-state index in [0.29, 0.717) is 6.04 Å². The number of hydrogen-bond donors (Lipinski definition) is 0. The third-order valence-electron chi connectivity index (χ3n) is 6.08. The van der Waals surface area contributed by atoms with Gasteiger partial charge < -0.3 is 14.5 Å². The van der Waals surface area contributed by atoms with Crippen LogP contribution in [-0.4, -0.2) is 55.0 Å². The fraction of sp³-hybridized carbons (Fsp3) is 0.737. The summed E-state index contributed by atoms with van der Waals surface area (Å²) in [5.41, 5.74) is 1.18. The summed E-state index contributed by atoms with van der Waals surface area (Å²) in [5.74, 6) is 0.240. The molecule has 2 fully saturated rings. The molecule has 1 unspecified atom stereocenters. The van der Waals surface area contributed by atoms with Crippen LogP contribution in [-0.2, 0) is 16.8 Å². The first kappa shape index (κ1) is 16.6. The minimum Gasteiger partial charge on any atom is -0.370 e. The Morgan fingerprint density at radius 3 is 2.83 bits per heavy atom. The van der Waals surface area contributed by atoms with Gasteiger partial charge in [-0.1, -0.05) is 0 Å². The van der Waals surface area contributed by atoms with Gasteiger partial charge in [-0.2, -0.15) is 0 Å². The Kier molecular flexibility index (Phi) is 4.43. The van der Waals surface area contributed by atoms with Gasteiger partial charge in [0, 0.05) is 37.0 Å². The van der Waals surface area contributed by atoms with Gasteiger partial charge in [0.25, 0.3) is 5.91 Å². The van der Waals surface area contributed by atoms with Crippen molar-refractivity contribution in [3.05, 3.63) is 21.4 Å². The molecule has 3 aliphatic heterocycles. The molecule has 1 atom stereocenters. The van der Waals surface area contributed by atoms with E-state index in [1.807, 2.05) is 0 Å². The van der Waals surface area contributed by atoms with Crippen LogP contribution in [0.3, 0.4) is 0 Å². The number of likely N-dealkylation sites (tertiary alicyclic amines) is 2. The molecule has 132 valence electrons. The summed E-state index contributed by atoms with van der Waals surface area (Å²) in [4.78, 5) is 19.8. The highest BCUT2D eigenvalue weighted by molar-refractivity contribution is 7.14. The maximum Gasteiger partial charge on any atom is 0.264 e. The minimum absolute atomic E-state index is 0.136. The first-order chi connectivity index (χ1) is 11.6. The molecular weight excluding hydrogens is 320 g/mol. The molecule has 4 nitrogen and oxygen atoms in total. The van der Waals surface area contributed by atoms with Crippen molar-refractivity contribution in [2.24, 2.45) is 0 Å². The van der Waals surface area contributed by atoms with E-state index in [4.69, 9.17) is 4.74 Å². The minimum atomic E-state index is -0.136. The standard InChI is InChI=1S/C19H28N2O2S/c1-14-5-3-4-9-21(14)18(22)17-13-15-16(24-17)6-12-23-19(15)7-10-20(2)11-8-19/h13-14H,3-12H2,1-2H3. The Balaban J connectivity index is 1.61. The summed E-state index contributed by atoms with van der Waals surface area (Å²) in [6.45, 7) is 6.04. The Morgan fingerprint density at radius 1 is 1.29 bits per heavy atom. The fourth-order valence-corrected chi connectivity index (χ4v) is 5.64. The van der Waals surface area contributed by atoms with Gasteiger partial charge in [0.15, 0.2) is 0 Å². The predicted molar refractivity (Wildman–Crippen MR) is 96.7 cm³/mol. The molecule has 24 heavy (non-hydrogen) atoms. The van der Waals surface area contributed by atoms with Crippen molar-refractivity contribution in [1.29, 1.82) is 0 Å². The number of fused-ring (bicyclic) bond motifs is 2. The normalized spacial score (nSPS) is 27.2. The molecule has 4 heterocycles. The van der Waals surface area contributed by atoms with Gasteiger partial charge in [0.05, 0.1) is 17.1 Å². The zero-order chi connectivity index (χ0) is 16.7. The highest BCUT2D eigenvalue weighted by atomic mass is 32.1. The topological polar surface area (TPSA) is 32.8 Å². The maximum atomic E-state index is 13.0. The van der Waals surface area contributed by atoms with Crippen LogP contribution in [0.25, 0.3) is 0 Å². The molecule has 0 aromatic carbocycles. The first-order valence-electron chi connectivity index (χ1n) is 9.36. The van der Waals surface area contributed by atoms with E-state index in [0.717, 1.165) is 63.2 Å². The van der Waals surface area contributed by atoms with Gasteiger partial charge in [-0.15, -0.1) is 11.3 Å². The molecule has 5 heteroatoms. The Labute approximate surface area is 148 Å². The molecule has 1 aromatic rings. The molecule has 4 rings (SSSR count). The van der Waals surface area contributed by atoms with Crippen LogP contribution in [0.2, 0.25) is 0 Å². The average molecular weight is 349 g/mol. The summed E-state index contributed by atoms with van der Waals surface area (Å²) in [6.07, 6.45) is 6.56. The molecule has 0 saturated carbocycles. The van der Waals surface area contributed by atoms with Crippen molar-refractivity contribution in [1.82, 2.24) is 9.80 Å². The van der Waals surface area contributed by atoms with Gasteiger partial charge in [0.2, 0.25) is 0 Å². The molecule has 0 N–H and O–H groups in total. The lowest BCUT2D eigenvalue weighted by molar-refractivity contribution is -0.0942. The Hall–Kier alpha value is -0.910. The first-order valence-corrected chi connectivity index (χ1v) is 10.2. The van der Waals surface area contributed by atoms with E-state index in [1.165, 1.54) is 16.9 Å². The molecule has 2 saturated heterocycles. The van der Waals surface area contributed by atoms with Crippen LogP contribution in [0.1, 0.15) is 59.1 Å². The van der Waals surface area contributed by atoms with Crippen molar-refractivity contribution in [2.75, 3.05) is 33.3 Å². The zero-order valence-corrected chi connectivity index (χ0v) is 15.7. The van der Waals surface area contributed by atoms with E-state index in [1.54, 1.807) is 11.3 Å². The third-order valence-corrected chi connectivity index (χ3v) is 7.26. The number of piperidine rings is 2. The number of nitrogens with zero attached hydrogens (tertiary/aromatic N) is 2. The summed E-state index contributed by atoms with van der Waals surface area (Å²) in [5, 5.41) is 0. The van der Waals surface area contributed by atoms with E-state index in [-0.39, 0.29) is 11.5 Å². The molecule has 0 bridgehead atoms. The zero-order valence-electron chi connectivity index (χ0n) is 14.8. The number of carbonyl (C=O) groups excluding carboxylic acids is 1. The lowest BCUT2D eigenvalue weighted by Gasteiger charge is -2.43. The second-order valence-corrected chi connectivity index (χ2v) is 8.82. The monoisotopic (exact) mass is 348 g/mol. The van der Waals surface area contributed by atoms with E-state index >= 15 is 0 Å². The number of amides is 1. The molecule has 1 aromatic heterocycles. The number of carbonyl (C=O) groups is 1. The van der Waals surface area contributed by atoms with Crippen molar-refractivity contribution in [2.45, 2.75) is 57.1 Å². The molecule has 0 radical (unpaired) electrons. The van der Waals surface area contributed by atoms with Crippen LogP contribution >= 0.6 is 11.3 Å². The van der Waals surface area contributed by atoms with Crippen molar-refractivity contribution in [3.8, 4) is 0 Å². The maximum absolute atomic E-state index is 13.0. The number of ether oxygens (including phenoxy) is 1. The van der Waals surface area contributed by atoms with E-state index in [2.05, 4.69) is 29.8 Å². The second-order valence-electron chi connectivity index (χ2n) is 7.69. The van der Waals surface area contributed by atoms with E-state index < -0.39 is 0 Å². The van der Waals surface area contributed by atoms with Gasteiger partial charge in [0.1, 0.15) is 0 Å². The highest BCUT2D eigenvalue weighted by Gasteiger charge is 2.42. The predicted octanol–water partition coefficient (Wildman–Crippen LogP) is 3.26. The van der Waals surface area contributed by atoms with E-state index in [9.17, 15) is 4.79 Å². The lowest BCUT2D eigenvalue weighted by atomic mass is 9.82. The van der Waals surface area contributed by atoms with Crippen molar-refractivity contribution < 1.29 is 9.53 Å². The Morgan fingerprint density at radius 2 is 2.08 bits per heavy atom. The molecule has 0 aliphatic carbocycles. The van der Waals surface area contributed by atoms with Crippen LogP contribution < -0.4 is 0 Å². The summed E-state index contributed by atoms with van der Waals surface area (Å²) in [6, 6.07) is 2.55. The molecule has 1 amide bonds. The Bertz CT molecular complexity index is 619. The molecule has 3 aliphatic rings. The summed E-state index contributed by atoms with van der Waals surface area (Å²) in [7, 11) is 2.18.